The Labute approximate surface area is 190 Å². The minimum Gasteiger partial charge on any atom is -0.263 e. The number of benzene rings is 2. The van der Waals surface area contributed by atoms with Gasteiger partial charge in [-0.2, -0.15) is 16.8 Å². The van der Waals surface area contributed by atoms with Crippen LogP contribution in [0.4, 0.5) is 0 Å². The zero-order valence-corrected chi connectivity index (χ0v) is 19.8. The highest BCUT2D eigenvalue weighted by atomic mass is 32.2. The number of hydrogen-bond donors (Lipinski definition) is 0. The second-order valence-corrected chi connectivity index (χ2v) is 12.7. The van der Waals surface area contributed by atoms with E-state index in [1.54, 1.807) is 48.5 Å². The van der Waals surface area contributed by atoms with E-state index in [0.717, 1.165) is 24.0 Å². The zero-order chi connectivity index (χ0) is 22.7. The van der Waals surface area contributed by atoms with Crippen LogP contribution in [0.3, 0.4) is 0 Å². The summed E-state index contributed by atoms with van der Waals surface area (Å²) in [4.78, 5) is 0.361. The van der Waals surface area contributed by atoms with E-state index in [9.17, 15) is 16.8 Å². The molecule has 2 aromatic rings. The molecule has 0 amide bonds. The first kappa shape index (κ1) is 22.1. The Kier molecular flexibility index (Phi) is 5.47. The number of rotatable bonds is 6. The van der Waals surface area contributed by atoms with Gasteiger partial charge in [0.2, 0.25) is 0 Å². The maximum absolute atomic E-state index is 12.8. The molecule has 6 unspecified atom stereocenters. The highest BCUT2D eigenvalue weighted by Crippen LogP contribution is 2.58. The van der Waals surface area contributed by atoms with E-state index in [1.807, 2.05) is 13.8 Å². The van der Waals surface area contributed by atoms with E-state index >= 15 is 0 Å². The van der Waals surface area contributed by atoms with Gasteiger partial charge in [-0.25, -0.2) is 0 Å². The van der Waals surface area contributed by atoms with Gasteiger partial charge >= 0.3 is 0 Å². The lowest BCUT2D eigenvalue weighted by atomic mass is 9.51. The molecule has 0 N–H and O–H groups in total. The fourth-order valence-electron chi connectivity index (χ4n) is 5.90. The van der Waals surface area contributed by atoms with Crippen molar-refractivity contribution in [3.8, 4) is 0 Å². The van der Waals surface area contributed by atoms with Gasteiger partial charge in [-0.05, 0) is 87.5 Å². The Morgan fingerprint density at radius 3 is 1.31 bits per heavy atom. The van der Waals surface area contributed by atoms with E-state index in [2.05, 4.69) is 0 Å². The molecule has 5 saturated carbocycles. The molecule has 5 aliphatic carbocycles. The number of hydrogen-bond acceptors (Lipinski definition) is 6. The van der Waals surface area contributed by atoms with Crippen molar-refractivity contribution < 1.29 is 25.2 Å². The first-order valence-electron chi connectivity index (χ1n) is 11.1. The van der Waals surface area contributed by atoms with E-state index < -0.39 is 20.2 Å². The average Bonchev–Trinajstić information content (AvgIpc) is 2.74. The number of aryl methyl sites for hydroxylation is 2. The van der Waals surface area contributed by atoms with Crippen molar-refractivity contribution >= 4 is 20.2 Å². The quantitative estimate of drug-likeness (QED) is 0.580. The number of fused-ring (bicyclic) bond motifs is 2. The Bertz CT molecular complexity index is 1110. The third-order valence-corrected chi connectivity index (χ3v) is 10.2. The molecule has 0 aliphatic heterocycles. The summed E-state index contributed by atoms with van der Waals surface area (Å²) in [6, 6.07) is 13.4. The molecular weight excluding hydrogens is 448 g/mol. The largest absolute Gasteiger partial charge is 0.297 e. The normalized spacial score (nSPS) is 31.7. The molecule has 7 rings (SSSR count). The van der Waals surface area contributed by atoms with Crippen LogP contribution in [0.25, 0.3) is 0 Å². The molecule has 0 saturated heterocycles. The second kappa shape index (κ2) is 7.94. The Morgan fingerprint density at radius 2 is 0.969 bits per heavy atom. The minimum absolute atomic E-state index is 0.118. The van der Waals surface area contributed by atoms with Crippen LogP contribution < -0.4 is 0 Å². The fourth-order valence-corrected chi connectivity index (χ4v) is 8.16. The van der Waals surface area contributed by atoms with Gasteiger partial charge in [0.15, 0.2) is 0 Å². The molecule has 0 radical (unpaired) electrons. The monoisotopic (exact) mass is 476 g/mol. The summed E-state index contributed by atoms with van der Waals surface area (Å²) in [5.74, 6) is 0.671. The Morgan fingerprint density at radius 1 is 0.594 bits per heavy atom. The van der Waals surface area contributed by atoms with Crippen molar-refractivity contribution in [2.75, 3.05) is 0 Å². The topological polar surface area (TPSA) is 86.7 Å². The summed E-state index contributed by atoms with van der Waals surface area (Å²) in [6.07, 6.45) is 2.29. The molecule has 0 heterocycles. The van der Waals surface area contributed by atoms with Crippen molar-refractivity contribution in [2.45, 2.75) is 61.5 Å². The second-order valence-electron chi connectivity index (χ2n) is 9.59. The third kappa shape index (κ3) is 4.02. The van der Waals surface area contributed by atoms with Crippen LogP contribution in [0.2, 0.25) is 0 Å². The predicted octanol–water partition coefficient (Wildman–Crippen LogP) is 4.22. The van der Waals surface area contributed by atoms with Crippen molar-refractivity contribution in [3.05, 3.63) is 59.7 Å². The summed E-state index contributed by atoms with van der Waals surface area (Å²) < 4.78 is 62.6. The van der Waals surface area contributed by atoms with Crippen LogP contribution in [0.15, 0.2) is 58.3 Å². The maximum atomic E-state index is 12.8. The molecule has 5 aliphatic rings. The lowest BCUT2D eigenvalue weighted by molar-refractivity contribution is -0.134. The molecule has 8 heteroatoms. The summed E-state index contributed by atoms with van der Waals surface area (Å²) in [7, 11) is -7.65. The van der Waals surface area contributed by atoms with Gasteiger partial charge in [-0.15, -0.1) is 0 Å². The molecule has 4 bridgehead atoms. The molecule has 6 atom stereocenters. The summed E-state index contributed by atoms with van der Waals surface area (Å²) in [6.45, 7) is 3.82. The van der Waals surface area contributed by atoms with Gasteiger partial charge in [0, 0.05) is 0 Å². The third-order valence-electron chi connectivity index (χ3n) is 7.51. The van der Waals surface area contributed by atoms with Crippen LogP contribution >= 0.6 is 0 Å². The fraction of sp³-hybridized carbons (Fsp3) is 0.500. The first-order valence-corrected chi connectivity index (χ1v) is 13.9. The van der Waals surface area contributed by atoms with E-state index in [1.165, 1.54) is 0 Å². The van der Waals surface area contributed by atoms with Crippen LogP contribution in [0, 0.1) is 37.5 Å². The Balaban J connectivity index is 1.28. The van der Waals surface area contributed by atoms with E-state index in [0.29, 0.717) is 12.8 Å². The van der Waals surface area contributed by atoms with Crippen LogP contribution in [0.5, 0.6) is 0 Å². The van der Waals surface area contributed by atoms with Crippen LogP contribution in [-0.4, -0.2) is 29.0 Å². The summed E-state index contributed by atoms with van der Waals surface area (Å²) in [5, 5.41) is 0. The molecular formula is C24H28O6S2. The van der Waals surface area contributed by atoms with Gasteiger partial charge < -0.3 is 0 Å². The van der Waals surface area contributed by atoms with Gasteiger partial charge in [-0.3, -0.25) is 8.37 Å². The van der Waals surface area contributed by atoms with Gasteiger partial charge in [0.25, 0.3) is 20.2 Å². The van der Waals surface area contributed by atoms with Gasteiger partial charge in [-0.1, -0.05) is 35.4 Å². The first-order chi connectivity index (χ1) is 15.1. The highest BCUT2D eigenvalue weighted by Gasteiger charge is 2.56. The van der Waals surface area contributed by atoms with Crippen LogP contribution in [-0.2, 0) is 28.6 Å². The van der Waals surface area contributed by atoms with Gasteiger partial charge in [0.05, 0.1) is 22.0 Å². The summed E-state index contributed by atoms with van der Waals surface area (Å²) >= 11 is 0. The van der Waals surface area contributed by atoms with Crippen molar-refractivity contribution in [1.29, 1.82) is 0 Å². The zero-order valence-electron chi connectivity index (χ0n) is 18.2. The lowest BCUT2D eigenvalue weighted by Crippen LogP contribution is -2.56. The smallest absolute Gasteiger partial charge is 0.263 e. The summed E-state index contributed by atoms with van der Waals surface area (Å²) in [5.41, 5.74) is 1.98. The predicted molar refractivity (Wildman–Crippen MR) is 119 cm³/mol. The Hall–Kier alpha value is -1.74. The molecule has 6 nitrogen and oxygen atoms in total. The van der Waals surface area contributed by atoms with Crippen molar-refractivity contribution in [1.82, 2.24) is 0 Å². The average molecular weight is 477 g/mol. The van der Waals surface area contributed by atoms with Gasteiger partial charge in [0.1, 0.15) is 0 Å². The highest BCUT2D eigenvalue weighted by molar-refractivity contribution is 7.87. The van der Waals surface area contributed by atoms with E-state index in [4.69, 9.17) is 8.37 Å². The maximum Gasteiger partial charge on any atom is 0.297 e. The minimum atomic E-state index is -3.82. The molecule has 172 valence electrons. The standard InChI is InChI=1S/C24H28O6S2/c1-15-3-7-19(8-4-15)31(25,26)29-23-12-17-11-18-13-24(22(17)14-21(18)23)30-32(27,28)20-9-5-16(2)6-10-20/h3-10,17-18,21-24H,11-14H2,1-2H3. The molecule has 0 aromatic heterocycles. The lowest BCUT2D eigenvalue weighted by Gasteiger charge is -2.57. The van der Waals surface area contributed by atoms with Crippen molar-refractivity contribution in [3.63, 3.8) is 0 Å². The molecule has 2 aromatic carbocycles. The molecule has 0 spiro atoms. The van der Waals surface area contributed by atoms with Crippen LogP contribution in [0.1, 0.15) is 36.8 Å². The molecule has 32 heavy (non-hydrogen) atoms. The van der Waals surface area contributed by atoms with E-state index in [-0.39, 0.29) is 45.7 Å². The SMILES string of the molecule is Cc1ccc(S(=O)(=O)OC2CC3CC4CC(OS(=O)(=O)c5ccc(C)cc5)C3CC42)cc1. The van der Waals surface area contributed by atoms with Crippen molar-refractivity contribution in [2.24, 2.45) is 23.7 Å². The molecule has 5 fully saturated rings.